The SMILES string of the molecule is COc1ccc(C(C(N)=O)C(=O)OC(c2ccccc2)c2ccccc2)cc1OC. The fourth-order valence-electron chi connectivity index (χ4n) is 3.22. The zero-order chi connectivity index (χ0) is 21.5. The molecule has 30 heavy (non-hydrogen) atoms. The lowest BCUT2D eigenvalue weighted by atomic mass is 9.97. The van der Waals surface area contributed by atoms with Crippen molar-refractivity contribution < 1.29 is 23.8 Å². The predicted octanol–water partition coefficient (Wildman–Crippen LogP) is 3.61. The number of hydrogen-bond donors (Lipinski definition) is 1. The molecule has 0 aliphatic carbocycles. The third-order valence-electron chi connectivity index (χ3n) is 4.70. The lowest BCUT2D eigenvalue weighted by Gasteiger charge is -2.22. The minimum atomic E-state index is -1.29. The first kappa shape index (κ1) is 20.9. The Labute approximate surface area is 175 Å². The molecule has 2 N–H and O–H groups in total. The number of hydrogen-bond acceptors (Lipinski definition) is 5. The fourth-order valence-corrected chi connectivity index (χ4v) is 3.22. The first-order valence-corrected chi connectivity index (χ1v) is 9.36. The number of primary amides is 1. The fraction of sp³-hybridized carbons (Fsp3) is 0.167. The Morgan fingerprint density at radius 3 is 1.73 bits per heavy atom. The van der Waals surface area contributed by atoms with Crippen molar-refractivity contribution in [1.29, 1.82) is 0 Å². The Morgan fingerprint density at radius 2 is 1.27 bits per heavy atom. The van der Waals surface area contributed by atoms with Crippen molar-refractivity contribution in [2.24, 2.45) is 5.73 Å². The molecule has 0 saturated heterocycles. The molecule has 1 atom stereocenters. The van der Waals surface area contributed by atoms with Crippen LogP contribution in [0.2, 0.25) is 0 Å². The van der Waals surface area contributed by atoms with Gasteiger partial charge in [-0.15, -0.1) is 0 Å². The van der Waals surface area contributed by atoms with Crippen molar-refractivity contribution in [2.75, 3.05) is 14.2 Å². The van der Waals surface area contributed by atoms with Gasteiger partial charge in [0, 0.05) is 0 Å². The Balaban J connectivity index is 1.96. The van der Waals surface area contributed by atoms with Crippen LogP contribution in [0.3, 0.4) is 0 Å². The predicted molar refractivity (Wildman–Crippen MR) is 112 cm³/mol. The second kappa shape index (κ2) is 9.60. The summed E-state index contributed by atoms with van der Waals surface area (Å²) in [6, 6.07) is 23.4. The lowest BCUT2D eigenvalue weighted by molar-refractivity contribution is -0.151. The third-order valence-corrected chi connectivity index (χ3v) is 4.70. The van der Waals surface area contributed by atoms with Crippen molar-refractivity contribution in [3.05, 3.63) is 95.6 Å². The minimum Gasteiger partial charge on any atom is -0.493 e. The van der Waals surface area contributed by atoms with Gasteiger partial charge in [-0.2, -0.15) is 0 Å². The van der Waals surface area contributed by atoms with E-state index in [-0.39, 0.29) is 0 Å². The molecule has 0 radical (unpaired) electrons. The molecule has 0 heterocycles. The minimum absolute atomic E-state index is 0.366. The van der Waals surface area contributed by atoms with Gasteiger partial charge in [0.1, 0.15) is 0 Å². The van der Waals surface area contributed by atoms with Gasteiger partial charge in [0.2, 0.25) is 5.91 Å². The van der Waals surface area contributed by atoms with Gasteiger partial charge in [-0.1, -0.05) is 66.7 Å². The maximum atomic E-state index is 13.1. The molecule has 0 fully saturated rings. The molecule has 1 amide bonds. The molecule has 1 unspecified atom stereocenters. The topological polar surface area (TPSA) is 87.9 Å². The number of esters is 1. The van der Waals surface area contributed by atoms with Gasteiger partial charge >= 0.3 is 5.97 Å². The Bertz CT molecular complexity index is 965. The Hall–Kier alpha value is -3.80. The number of methoxy groups -OCH3 is 2. The smallest absolute Gasteiger partial charge is 0.323 e. The summed E-state index contributed by atoms with van der Waals surface area (Å²) in [7, 11) is 2.97. The van der Waals surface area contributed by atoms with Crippen LogP contribution in [0.5, 0.6) is 11.5 Å². The quantitative estimate of drug-likeness (QED) is 0.457. The van der Waals surface area contributed by atoms with Gasteiger partial charge in [0.15, 0.2) is 23.5 Å². The summed E-state index contributed by atoms with van der Waals surface area (Å²) >= 11 is 0. The van der Waals surface area contributed by atoms with E-state index < -0.39 is 23.9 Å². The molecule has 0 spiro atoms. The second-order valence-corrected chi connectivity index (χ2v) is 6.59. The monoisotopic (exact) mass is 405 g/mol. The number of benzene rings is 3. The zero-order valence-electron chi connectivity index (χ0n) is 16.8. The molecule has 6 heteroatoms. The normalized spacial score (nSPS) is 11.6. The van der Waals surface area contributed by atoms with E-state index in [0.29, 0.717) is 17.1 Å². The van der Waals surface area contributed by atoms with Crippen LogP contribution in [-0.4, -0.2) is 26.1 Å². The molecule has 0 aromatic heterocycles. The van der Waals surface area contributed by atoms with Crippen molar-refractivity contribution in [2.45, 2.75) is 12.0 Å². The zero-order valence-corrected chi connectivity index (χ0v) is 16.8. The molecule has 3 aromatic carbocycles. The molecule has 6 nitrogen and oxygen atoms in total. The van der Waals surface area contributed by atoms with Crippen LogP contribution < -0.4 is 15.2 Å². The van der Waals surface area contributed by atoms with Crippen LogP contribution in [0.15, 0.2) is 78.9 Å². The highest BCUT2D eigenvalue weighted by Gasteiger charge is 2.32. The molecule has 0 aliphatic heterocycles. The van der Waals surface area contributed by atoms with E-state index >= 15 is 0 Å². The molecule has 3 aromatic rings. The molecule has 0 bridgehead atoms. The third kappa shape index (κ3) is 4.60. The molecule has 0 saturated carbocycles. The van der Waals surface area contributed by atoms with Crippen LogP contribution in [0.25, 0.3) is 0 Å². The van der Waals surface area contributed by atoms with Crippen LogP contribution in [0, 0.1) is 0 Å². The Morgan fingerprint density at radius 1 is 0.733 bits per heavy atom. The van der Waals surface area contributed by atoms with Crippen molar-refractivity contribution in [1.82, 2.24) is 0 Å². The van der Waals surface area contributed by atoms with Gasteiger partial charge in [0.05, 0.1) is 14.2 Å². The van der Waals surface area contributed by atoms with Crippen LogP contribution in [0.1, 0.15) is 28.7 Å². The molecular weight excluding hydrogens is 382 g/mol. The van der Waals surface area contributed by atoms with E-state index in [2.05, 4.69) is 0 Å². The summed E-state index contributed by atoms with van der Waals surface area (Å²) < 4.78 is 16.3. The average molecular weight is 405 g/mol. The highest BCUT2D eigenvalue weighted by molar-refractivity contribution is 6.02. The van der Waals surface area contributed by atoms with Crippen LogP contribution in [-0.2, 0) is 14.3 Å². The van der Waals surface area contributed by atoms with E-state index in [0.717, 1.165) is 11.1 Å². The summed E-state index contributed by atoms with van der Waals surface area (Å²) in [6.07, 6.45) is -0.679. The van der Waals surface area contributed by atoms with Gasteiger partial charge in [0.25, 0.3) is 0 Å². The maximum Gasteiger partial charge on any atom is 0.323 e. The van der Waals surface area contributed by atoms with Crippen LogP contribution in [0.4, 0.5) is 0 Å². The van der Waals surface area contributed by atoms with Gasteiger partial charge < -0.3 is 19.9 Å². The summed E-state index contributed by atoms with van der Waals surface area (Å²) in [6.45, 7) is 0. The average Bonchev–Trinajstić information content (AvgIpc) is 2.78. The number of ether oxygens (including phenoxy) is 3. The first-order valence-electron chi connectivity index (χ1n) is 9.36. The number of rotatable bonds is 8. The summed E-state index contributed by atoms with van der Waals surface area (Å²) in [5.74, 6) is -1.99. The molecule has 154 valence electrons. The number of carbonyl (C=O) groups excluding carboxylic acids is 2. The highest BCUT2D eigenvalue weighted by Crippen LogP contribution is 2.33. The Kier molecular flexibility index (Phi) is 6.70. The first-order chi connectivity index (χ1) is 14.5. The van der Waals surface area contributed by atoms with Gasteiger partial charge in [-0.25, -0.2) is 0 Å². The van der Waals surface area contributed by atoms with Gasteiger partial charge in [-0.05, 0) is 28.8 Å². The van der Waals surface area contributed by atoms with E-state index in [1.807, 2.05) is 60.7 Å². The molecule has 0 aliphatic rings. The highest BCUT2D eigenvalue weighted by atomic mass is 16.5. The van der Waals surface area contributed by atoms with Crippen molar-refractivity contribution >= 4 is 11.9 Å². The van der Waals surface area contributed by atoms with E-state index in [1.165, 1.54) is 14.2 Å². The lowest BCUT2D eigenvalue weighted by Crippen LogP contribution is -2.31. The summed E-state index contributed by atoms with van der Waals surface area (Å²) in [5, 5.41) is 0. The maximum absolute atomic E-state index is 13.1. The van der Waals surface area contributed by atoms with E-state index in [1.54, 1.807) is 18.2 Å². The standard InChI is InChI=1S/C24H23NO5/c1-28-19-14-13-18(15-20(19)29-2)21(23(25)26)24(27)30-22(16-9-5-3-6-10-16)17-11-7-4-8-12-17/h3-15,21-22H,1-2H3,(H2,25,26). The summed E-state index contributed by atoms with van der Waals surface area (Å²) in [5.41, 5.74) is 7.51. The van der Waals surface area contributed by atoms with E-state index in [9.17, 15) is 9.59 Å². The van der Waals surface area contributed by atoms with Crippen LogP contribution >= 0.6 is 0 Å². The number of carbonyl (C=O) groups is 2. The van der Waals surface area contributed by atoms with Crippen molar-refractivity contribution in [3.63, 3.8) is 0 Å². The summed E-state index contributed by atoms with van der Waals surface area (Å²) in [4.78, 5) is 25.3. The number of nitrogens with two attached hydrogens (primary N) is 1. The number of amides is 1. The second-order valence-electron chi connectivity index (χ2n) is 6.59. The van der Waals surface area contributed by atoms with Crippen molar-refractivity contribution in [3.8, 4) is 11.5 Å². The largest absolute Gasteiger partial charge is 0.493 e. The molecular formula is C24H23NO5. The van der Waals surface area contributed by atoms with Gasteiger partial charge in [-0.3, -0.25) is 9.59 Å². The van der Waals surface area contributed by atoms with E-state index in [4.69, 9.17) is 19.9 Å². The molecule has 3 rings (SSSR count).